The third-order valence-corrected chi connectivity index (χ3v) is 6.51. The van der Waals surface area contributed by atoms with Crippen molar-refractivity contribution in [2.24, 2.45) is 5.92 Å². The van der Waals surface area contributed by atoms with E-state index in [1.165, 1.54) is 6.42 Å². The van der Waals surface area contributed by atoms with Gasteiger partial charge in [-0.15, -0.1) is 0 Å². The van der Waals surface area contributed by atoms with Crippen molar-refractivity contribution in [1.82, 2.24) is 19.6 Å². The molecule has 7 heteroatoms. The van der Waals surface area contributed by atoms with Crippen molar-refractivity contribution in [2.45, 2.75) is 58.1 Å². The van der Waals surface area contributed by atoms with Gasteiger partial charge in [-0.3, -0.25) is 14.3 Å². The predicted molar refractivity (Wildman–Crippen MR) is 123 cm³/mol. The molecule has 2 aliphatic heterocycles. The normalized spacial score (nSPS) is 21.6. The van der Waals surface area contributed by atoms with Gasteiger partial charge in [0, 0.05) is 57.2 Å². The molecule has 2 saturated heterocycles. The Morgan fingerprint density at radius 1 is 1.03 bits per heavy atom. The van der Waals surface area contributed by atoms with Crippen LogP contribution in [0.1, 0.15) is 62.5 Å². The van der Waals surface area contributed by atoms with Gasteiger partial charge in [-0.05, 0) is 51.3 Å². The summed E-state index contributed by atoms with van der Waals surface area (Å²) in [5.74, 6) is 0.922. The van der Waals surface area contributed by atoms with E-state index in [1.54, 1.807) is 16.9 Å². The fraction of sp³-hybridized carbons (Fsp3) is 0.560. The Balaban J connectivity index is 1.49. The molecule has 172 valence electrons. The predicted octanol–water partition coefficient (Wildman–Crippen LogP) is 3.78. The zero-order chi connectivity index (χ0) is 22.5. The number of likely N-dealkylation sites (tertiary alicyclic amines) is 2. The molecule has 0 saturated carbocycles. The molecular formula is C25H34N4O3. The summed E-state index contributed by atoms with van der Waals surface area (Å²) in [6.45, 7) is 6.83. The topological polar surface area (TPSA) is 67.7 Å². The molecule has 2 aromatic rings. The molecule has 0 radical (unpaired) electrons. The first-order valence-electron chi connectivity index (χ1n) is 11.8. The van der Waals surface area contributed by atoms with Crippen molar-refractivity contribution in [2.75, 3.05) is 26.2 Å². The molecule has 0 aliphatic carbocycles. The zero-order valence-corrected chi connectivity index (χ0v) is 19.2. The fourth-order valence-electron chi connectivity index (χ4n) is 4.77. The second-order valence-corrected chi connectivity index (χ2v) is 9.17. The van der Waals surface area contributed by atoms with Crippen LogP contribution < -0.4 is 4.74 Å². The number of nitrogens with zero attached hydrogens (tertiary/aromatic N) is 4. The smallest absolute Gasteiger partial charge is 0.272 e. The van der Waals surface area contributed by atoms with E-state index >= 15 is 0 Å². The summed E-state index contributed by atoms with van der Waals surface area (Å²) in [5.41, 5.74) is 0.600. The number of amides is 2. The van der Waals surface area contributed by atoms with Gasteiger partial charge in [0.25, 0.3) is 5.91 Å². The molecule has 1 aromatic heterocycles. The molecule has 2 atom stereocenters. The average Bonchev–Trinajstić information content (AvgIpc) is 3.31. The monoisotopic (exact) mass is 438 g/mol. The van der Waals surface area contributed by atoms with Gasteiger partial charge in [-0.25, -0.2) is 0 Å². The van der Waals surface area contributed by atoms with E-state index in [0.717, 1.165) is 31.7 Å². The van der Waals surface area contributed by atoms with E-state index in [0.29, 0.717) is 31.6 Å². The Kier molecular flexibility index (Phi) is 7.12. The van der Waals surface area contributed by atoms with Gasteiger partial charge < -0.3 is 14.5 Å². The summed E-state index contributed by atoms with van der Waals surface area (Å²) in [4.78, 5) is 30.2. The molecule has 7 nitrogen and oxygen atoms in total. The van der Waals surface area contributed by atoms with Crippen LogP contribution in [0.25, 0.3) is 0 Å². The summed E-state index contributed by atoms with van der Waals surface area (Å²) < 4.78 is 8.08. The highest BCUT2D eigenvalue weighted by Crippen LogP contribution is 2.28. The van der Waals surface area contributed by atoms with Crippen LogP contribution in [-0.4, -0.2) is 63.7 Å². The SMILES string of the molecule is CC(C)n1nccc1C(=O)N1CC[C@H](Oc2ccccc2)[C@@H](CC(=O)N2CCCCC2)C1. The first kappa shape index (κ1) is 22.4. The van der Waals surface area contributed by atoms with E-state index in [-0.39, 0.29) is 29.9 Å². The van der Waals surface area contributed by atoms with Crippen molar-refractivity contribution < 1.29 is 14.3 Å². The van der Waals surface area contributed by atoms with Crippen LogP contribution in [0.2, 0.25) is 0 Å². The molecule has 0 unspecified atom stereocenters. The van der Waals surface area contributed by atoms with Gasteiger partial charge in [0.15, 0.2) is 0 Å². The van der Waals surface area contributed by atoms with Crippen molar-refractivity contribution in [1.29, 1.82) is 0 Å². The van der Waals surface area contributed by atoms with E-state index in [1.807, 2.05) is 54.0 Å². The number of hydrogen-bond donors (Lipinski definition) is 0. The maximum atomic E-state index is 13.3. The summed E-state index contributed by atoms with van der Waals surface area (Å²) in [6, 6.07) is 11.7. The van der Waals surface area contributed by atoms with Gasteiger partial charge in [0.1, 0.15) is 17.5 Å². The summed E-state index contributed by atoms with van der Waals surface area (Å²) in [6.07, 6.45) is 6.03. The minimum absolute atomic E-state index is 0.0233. The van der Waals surface area contributed by atoms with Crippen LogP contribution in [0.5, 0.6) is 5.75 Å². The lowest BCUT2D eigenvalue weighted by Gasteiger charge is -2.39. The molecule has 4 rings (SSSR count). The number of carbonyl (C=O) groups is 2. The summed E-state index contributed by atoms with van der Waals surface area (Å²) in [7, 11) is 0. The van der Waals surface area contributed by atoms with Crippen LogP contribution in [-0.2, 0) is 4.79 Å². The van der Waals surface area contributed by atoms with E-state index in [9.17, 15) is 9.59 Å². The first-order chi connectivity index (χ1) is 15.5. The van der Waals surface area contributed by atoms with Crippen LogP contribution >= 0.6 is 0 Å². The Hall–Kier alpha value is -2.83. The lowest BCUT2D eigenvalue weighted by Crippen LogP contribution is -2.50. The summed E-state index contributed by atoms with van der Waals surface area (Å²) in [5, 5.41) is 4.31. The van der Waals surface area contributed by atoms with Crippen LogP contribution in [0.3, 0.4) is 0 Å². The Bertz CT molecular complexity index is 905. The number of carbonyl (C=O) groups excluding carboxylic acids is 2. The van der Waals surface area contributed by atoms with Crippen molar-refractivity contribution >= 4 is 11.8 Å². The molecule has 0 N–H and O–H groups in total. The number of benzene rings is 1. The highest BCUT2D eigenvalue weighted by Gasteiger charge is 2.36. The molecule has 0 bridgehead atoms. The van der Waals surface area contributed by atoms with Crippen molar-refractivity contribution in [3.8, 4) is 5.75 Å². The van der Waals surface area contributed by atoms with Crippen molar-refractivity contribution in [3.63, 3.8) is 0 Å². The summed E-state index contributed by atoms with van der Waals surface area (Å²) >= 11 is 0. The lowest BCUT2D eigenvalue weighted by atomic mass is 9.90. The quantitative estimate of drug-likeness (QED) is 0.688. The highest BCUT2D eigenvalue weighted by atomic mass is 16.5. The standard InChI is InChI=1S/C25H34N4O3/c1-19(2)29-22(11-13-26-29)25(31)28-16-12-23(32-21-9-5-3-6-10-21)20(18-28)17-24(30)27-14-7-4-8-15-27/h3,5-6,9-11,13,19-20,23H,4,7-8,12,14-18H2,1-2H3/t20-,23-/m0/s1. The van der Waals surface area contributed by atoms with Gasteiger partial charge in [-0.1, -0.05) is 18.2 Å². The van der Waals surface area contributed by atoms with Crippen LogP contribution in [0.4, 0.5) is 0 Å². The minimum Gasteiger partial charge on any atom is -0.490 e. The fourth-order valence-corrected chi connectivity index (χ4v) is 4.77. The van der Waals surface area contributed by atoms with E-state index in [4.69, 9.17) is 4.74 Å². The largest absolute Gasteiger partial charge is 0.490 e. The van der Waals surface area contributed by atoms with E-state index < -0.39 is 0 Å². The molecular weight excluding hydrogens is 404 g/mol. The molecule has 3 heterocycles. The molecule has 32 heavy (non-hydrogen) atoms. The van der Waals surface area contributed by atoms with Crippen LogP contribution in [0, 0.1) is 5.92 Å². The number of hydrogen-bond acceptors (Lipinski definition) is 4. The maximum absolute atomic E-state index is 13.3. The minimum atomic E-state index is -0.0924. The molecule has 0 spiro atoms. The van der Waals surface area contributed by atoms with Gasteiger partial charge in [0.05, 0.1) is 0 Å². The lowest BCUT2D eigenvalue weighted by molar-refractivity contribution is -0.134. The second-order valence-electron chi connectivity index (χ2n) is 9.17. The van der Waals surface area contributed by atoms with Gasteiger partial charge in [-0.2, -0.15) is 5.10 Å². The number of aromatic nitrogens is 2. The number of para-hydroxylation sites is 1. The Morgan fingerprint density at radius 3 is 2.50 bits per heavy atom. The third kappa shape index (κ3) is 5.14. The van der Waals surface area contributed by atoms with Gasteiger partial charge >= 0.3 is 0 Å². The second kappa shape index (κ2) is 10.2. The molecule has 2 aliphatic rings. The van der Waals surface area contributed by atoms with Gasteiger partial charge in [0.2, 0.25) is 5.91 Å². The Morgan fingerprint density at radius 2 is 1.78 bits per heavy atom. The van der Waals surface area contributed by atoms with Crippen molar-refractivity contribution in [3.05, 3.63) is 48.3 Å². The zero-order valence-electron chi connectivity index (χ0n) is 19.2. The number of rotatable bonds is 6. The van der Waals surface area contributed by atoms with Crippen LogP contribution in [0.15, 0.2) is 42.6 Å². The first-order valence-corrected chi connectivity index (χ1v) is 11.8. The average molecular weight is 439 g/mol. The number of piperidine rings is 2. The Labute approximate surface area is 190 Å². The highest BCUT2D eigenvalue weighted by molar-refractivity contribution is 5.92. The molecule has 2 fully saturated rings. The maximum Gasteiger partial charge on any atom is 0.272 e. The number of ether oxygens (including phenoxy) is 1. The molecule has 2 amide bonds. The third-order valence-electron chi connectivity index (χ3n) is 6.51. The van der Waals surface area contributed by atoms with E-state index in [2.05, 4.69) is 5.10 Å². The molecule has 1 aromatic carbocycles.